The summed E-state index contributed by atoms with van der Waals surface area (Å²) in [7, 11) is 0. The van der Waals surface area contributed by atoms with Gasteiger partial charge in [-0.15, -0.1) is 11.3 Å². The summed E-state index contributed by atoms with van der Waals surface area (Å²) in [6.45, 7) is 8.19. The minimum Gasteiger partial charge on any atom is -0.378 e. The van der Waals surface area contributed by atoms with Crippen molar-refractivity contribution >= 4 is 23.1 Å². The Kier molecular flexibility index (Phi) is 4.99. The van der Waals surface area contributed by atoms with Gasteiger partial charge in [-0.1, -0.05) is 6.92 Å². The number of morpholine rings is 1. The van der Waals surface area contributed by atoms with Crippen molar-refractivity contribution in [3.8, 4) is 0 Å². The van der Waals surface area contributed by atoms with Gasteiger partial charge in [-0.2, -0.15) is 4.98 Å². The van der Waals surface area contributed by atoms with E-state index in [1.54, 1.807) is 0 Å². The van der Waals surface area contributed by atoms with Gasteiger partial charge in [0.1, 0.15) is 11.4 Å². The van der Waals surface area contributed by atoms with Crippen LogP contribution in [0.5, 0.6) is 0 Å². The second kappa shape index (κ2) is 7.61. The highest BCUT2D eigenvalue weighted by Crippen LogP contribution is 2.44. The number of aryl methyl sites for hydroxylation is 1. The molecule has 150 valence electrons. The van der Waals surface area contributed by atoms with E-state index in [0.29, 0.717) is 0 Å². The van der Waals surface area contributed by atoms with Gasteiger partial charge in [-0.05, 0) is 42.7 Å². The zero-order valence-corrected chi connectivity index (χ0v) is 17.3. The van der Waals surface area contributed by atoms with Crippen LogP contribution in [0, 0.1) is 0 Å². The van der Waals surface area contributed by atoms with Gasteiger partial charge in [0, 0.05) is 42.8 Å². The van der Waals surface area contributed by atoms with Crippen LogP contribution in [0.1, 0.15) is 35.9 Å². The van der Waals surface area contributed by atoms with Gasteiger partial charge < -0.3 is 19.3 Å². The fourth-order valence-electron chi connectivity index (χ4n) is 4.54. The summed E-state index contributed by atoms with van der Waals surface area (Å²) in [4.78, 5) is 15.9. The van der Waals surface area contributed by atoms with Crippen LogP contribution in [-0.4, -0.2) is 56.0 Å². The Balaban J connectivity index is 1.37. The molecule has 0 bridgehead atoms. The fourth-order valence-corrected chi connectivity index (χ4v) is 5.71. The Morgan fingerprint density at radius 2 is 1.89 bits per heavy atom. The normalized spacial score (nSPS) is 21.8. The molecular formula is C21H28N4O2S. The maximum absolute atomic E-state index is 6.37. The first kappa shape index (κ1) is 18.3. The zero-order valence-electron chi connectivity index (χ0n) is 16.5. The van der Waals surface area contributed by atoms with Crippen molar-refractivity contribution in [3.05, 3.63) is 33.6 Å². The Morgan fingerprint density at radius 3 is 2.68 bits per heavy atom. The van der Waals surface area contributed by atoms with E-state index in [0.717, 1.165) is 89.1 Å². The molecule has 0 aromatic carbocycles. The molecule has 0 N–H and O–H groups in total. The Labute approximate surface area is 170 Å². The maximum atomic E-state index is 6.37. The van der Waals surface area contributed by atoms with Gasteiger partial charge in [0.2, 0.25) is 5.95 Å². The summed E-state index contributed by atoms with van der Waals surface area (Å²) in [5.41, 5.74) is 2.53. The van der Waals surface area contributed by atoms with Gasteiger partial charge in [-0.25, -0.2) is 4.98 Å². The number of aromatic nitrogens is 2. The van der Waals surface area contributed by atoms with Crippen molar-refractivity contribution in [2.24, 2.45) is 0 Å². The van der Waals surface area contributed by atoms with Crippen LogP contribution in [-0.2, 0) is 27.9 Å². The molecule has 2 fully saturated rings. The van der Waals surface area contributed by atoms with E-state index in [1.807, 2.05) is 11.3 Å². The second-order valence-electron chi connectivity index (χ2n) is 7.83. The molecular weight excluding hydrogens is 372 g/mol. The van der Waals surface area contributed by atoms with E-state index in [4.69, 9.17) is 19.4 Å². The number of fused-ring (bicyclic) bond motifs is 2. The summed E-state index contributed by atoms with van der Waals surface area (Å²) in [6.07, 6.45) is 4.03. The number of anilines is 2. The first-order valence-corrected chi connectivity index (χ1v) is 11.3. The number of piperidine rings is 1. The topological polar surface area (TPSA) is 50.7 Å². The molecule has 0 atom stereocenters. The number of thiophene rings is 1. The lowest BCUT2D eigenvalue weighted by Gasteiger charge is -2.44. The number of nitrogens with zero attached hydrogens (tertiary/aromatic N) is 4. The first-order valence-electron chi connectivity index (χ1n) is 10.4. The standard InChI is InChI=1S/C21H28N4O2S/c1-2-17-15-18(23-20(22-17)25-9-12-26-13-10-25)24-7-5-21(6-8-24)19-16(3-11-27-21)4-14-28-19/h4,14-15H,2-3,5-13H2,1H3. The lowest BCUT2D eigenvalue weighted by molar-refractivity contribution is -0.0735. The quantitative estimate of drug-likeness (QED) is 0.790. The van der Waals surface area contributed by atoms with Crippen LogP contribution < -0.4 is 9.80 Å². The second-order valence-corrected chi connectivity index (χ2v) is 8.74. The van der Waals surface area contributed by atoms with E-state index >= 15 is 0 Å². The van der Waals surface area contributed by atoms with E-state index in [9.17, 15) is 0 Å². The van der Waals surface area contributed by atoms with Gasteiger partial charge in [0.25, 0.3) is 0 Å². The number of ether oxygens (including phenoxy) is 2. The summed E-state index contributed by atoms with van der Waals surface area (Å²) in [5.74, 6) is 1.91. The third-order valence-corrected chi connectivity index (χ3v) is 7.36. The molecule has 2 aromatic rings. The van der Waals surface area contributed by atoms with Crippen LogP contribution in [0.4, 0.5) is 11.8 Å². The van der Waals surface area contributed by atoms with E-state index < -0.39 is 0 Å². The highest BCUT2D eigenvalue weighted by Gasteiger charge is 2.42. The van der Waals surface area contributed by atoms with Crippen LogP contribution in [0.2, 0.25) is 0 Å². The minimum absolute atomic E-state index is 0.0775. The van der Waals surface area contributed by atoms with Crippen molar-refractivity contribution in [3.63, 3.8) is 0 Å². The smallest absolute Gasteiger partial charge is 0.227 e. The average molecular weight is 401 g/mol. The van der Waals surface area contributed by atoms with Crippen LogP contribution in [0.25, 0.3) is 0 Å². The molecule has 5 heterocycles. The fraction of sp³-hybridized carbons (Fsp3) is 0.619. The van der Waals surface area contributed by atoms with Gasteiger partial charge in [0.05, 0.1) is 19.8 Å². The Morgan fingerprint density at radius 1 is 1.07 bits per heavy atom. The summed E-state index contributed by atoms with van der Waals surface area (Å²) in [5, 5.41) is 2.22. The zero-order chi connectivity index (χ0) is 19.0. The summed E-state index contributed by atoms with van der Waals surface area (Å²) < 4.78 is 11.9. The van der Waals surface area contributed by atoms with E-state index in [1.165, 1.54) is 10.4 Å². The molecule has 2 aromatic heterocycles. The third kappa shape index (κ3) is 3.29. The molecule has 6 nitrogen and oxygen atoms in total. The molecule has 0 saturated carbocycles. The monoisotopic (exact) mass is 400 g/mol. The van der Waals surface area contributed by atoms with Gasteiger partial charge >= 0.3 is 0 Å². The van der Waals surface area contributed by atoms with E-state index in [2.05, 4.69) is 34.2 Å². The highest BCUT2D eigenvalue weighted by atomic mass is 32.1. The molecule has 1 spiro atoms. The van der Waals surface area contributed by atoms with E-state index in [-0.39, 0.29) is 5.60 Å². The largest absolute Gasteiger partial charge is 0.378 e. The van der Waals surface area contributed by atoms with Crippen molar-refractivity contribution in [2.75, 3.05) is 55.8 Å². The van der Waals surface area contributed by atoms with Crippen molar-refractivity contribution in [1.29, 1.82) is 0 Å². The summed E-state index contributed by atoms with van der Waals surface area (Å²) in [6, 6.07) is 4.45. The molecule has 28 heavy (non-hydrogen) atoms. The molecule has 0 unspecified atom stereocenters. The number of hydrogen-bond donors (Lipinski definition) is 0. The number of rotatable bonds is 3. The average Bonchev–Trinajstić information content (AvgIpc) is 3.25. The molecule has 3 aliphatic rings. The molecule has 5 rings (SSSR count). The molecule has 7 heteroatoms. The SMILES string of the molecule is CCc1cc(N2CCC3(CC2)OCCc2ccsc23)nc(N2CCOCC2)n1. The predicted molar refractivity (Wildman–Crippen MR) is 112 cm³/mol. The lowest BCUT2D eigenvalue weighted by atomic mass is 9.85. The van der Waals surface area contributed by atoms with Crippen molar-refractivity contribution in [2.45, 2.75) is 38.2 Å². The predicted octanol–water partition coefficient (Wildman–Crippen LogP) is 3.01. The maximum Gasteiger partial charge on any atom is 0.227 e. The first-order chi connectivity index (χ1) is 13.8. The Bertz CT molecular complexity index is 826. The van der Waals surface area contributed by atoms with Gasteiger partial charge in [-0.3, -0.25) is 0 Å². The molecule has 2 saturated heterocycles. The third-order valence-electron chi connectivity index (χ3n) is 6.22. The van der Waals surface area contributed by atoms with Crippen molar-refractivity contribution < 1.29 is 9.47 Å². The molecule has 0 amide bonds. The number of hydrogen-bond acceptors (Lipinski definition) is 7. The highest BCUT2D eigenvalue weighted by molar-refractivity contribution is 7.10. The Hall–Kier alpha value is -1.70. The van der Waals surface area contributed by atoms with Crippen LogP contribution in [0.15, 0.2) is 17.5 Å². The molecule has 0 aliphatic carbocycles. The van der Waals surface area contributed by atoms with Crippen LogP contribution in [0.3, 0.4) is 0 Å². The molecule has 0 radical (unpaired) electrons. The summed E-state index contributed by atoms with van der Waals surface area (Å²) >= 11 is 1.87. The van der Waals surface area contributed by atoms with Crippen LogP contribution >= 0.6 is 11.3 Å². The lowest BCUT2D eigenvalue weighted by Crippen LogP contribution is -2.46. The van der Waals surface area contributed by atoms with Gasteiger partial charge in [0.15, 0.2) is 0 Å². The van der Waals surface area contributed by atoms with Crippen molar-refractivity contribution in [1.82, 2.24) is 9.97 Å². The minimum atomic E-state index is -0.0775. The molecule has 3 aliphatic heterocycles.